The van der Waals surface area contributed by atoms with Crippen molar-refractivity contribution in [1.82, 2.24) is 0 Å². The van der Waals surface area contributed by atoms with Gasteiger partial charge in [0.25, 0.3) is 10.0 Å². The van der Waals surface area contributed by atoms with Gasteiger partial charge in [-0.05, 0) is 36.4 Å². The van der Waals surface area contributed by atoms with Crippen LogP contribution in [-0.4, -0.2) is 26.0 Å². The molecule has 0 aromatic heterocycles. The van der Waals surface area contributed by atoms with Gasteiger partial charge in [-0.25, -0.2) is 8.42 Å². The summed E-state index contributed by atoms with van der Waals surface area (Å²) < 4.78 is 26.4. The summed E-state index contributed by atoms with van der Waals surface area (Å²) in [5, 5.41) is 9.42. The molecule has 0 saturated heterocycles. The summed E-state index contributed by atoms with van der Waals surface area (Å²) in [5.41, 5.74) is 0.0304. The first-order chi connectivity index (χ1) is 11.1. The number of anilines is 1. The van der Waals surface area contributed by atoms with Crippen LogP contribution in [0.3, 0.4) is 0 Å². The minimum Gasteiger partial charge on any atom is -0.480 e. The van der Waals surface area contributed by atoms with Crippen molar-refractivity contribution in [2.75, 3.05) is 10.8 Å². The van der Waals surface area contributed by atoms with Crippen LogP contribution in [0.15, 0.2) is 41.3 Å². The monoisotopic (exact) mass is 427 g/mol. The van der Waals surface area contributed by atoms with E-state index in [2.05, 4.69) is 0 Å². The Balaban J connectivity index is 2.64. The summed E-state index contributed by atoms with van der Waals surface area (Å²) in [7, 11) is -4.30. The first-order valence-corrected chi connectivity index (χ1v) is 9.23. The third-order valence-corrected chi connectivity index (χ3v) is 6.16. The second-order valence-corrected chi connectivity index (χ2v) is 8.07. The van der Waals surface area contributed by atoms with E-state index in [9.17, 15) is 13.2 Å². The maximum Gasteiger partial charge on any atom is 0.324 e. The molecule has 2 aromatic rings. The van der Waals surface area contributed by atoms with Crippen LogP contribution in [0.25, 0.3) is 0 Å². The zero-order chi connectivity index (χ0) is 18.1. The average molecular weight is 429 g/mol. The lowest BCUT2D eigenvalue weighted by atomic mass is 10.3. The van der Waals surface area contributed by atoms with Crippen molar-refractivity contribution >= 4 is 68.1 Å². The van der Waals surface area contributed by atoms with Gasteiger partial charge in [0.05, 0.1) is 20.8 Å². The highest BCUT2D eigenvalue weighted by atomic mass is 35.5. The second-order valence-electron chi connectivity index (χ2n) is 4.58. The van der Waals surface area contributed by atoms with E-state index in [0.29, 0.717) is 4.31 Å². The summed E-state index contributed by atoms with van der Waals surface area (Å²) in [4.78, 5) is 10.8. The number of halogens is 4. The van der Waals surface area contributed by atoms with Gasteiger partial charge >= 0.3 is 5.97 Å². The predicted molar refractivity (Wildman–Crippen MR) is 95.1 cm³/mol. The second kappa shape index (κ2) is 7.37. The molecule has 0 atom stereocenters. The maximum atomic E-state index is 12.9. The van der Waals surface area contributed by atoms with E-state index in [4.69, 9.17) is 51.5 Å². The molecule has 0 fully saturated rings. The molecule has 2 rings (SSSR count). The SMILES string of the molecule is O=C(O)CN(c1ccc(Cl)c(Cl)c1)S(=O)(=O)c1cc(Cl)ccc1Cl. The fourth-order valence-corrected chi connectivity index (χ4v) is 4.31. The van der Waals surface area contributed by atoms with Crippen LogP contribution in [0.5, 0.6) is 0 Å². The number of carboxylic acids is 1. The maximum absolute atomic E-state index is 12.9. The van der Waals surface area contributed by atoms with Gasteiger partial charge < -0.3 is 5.11 Å². The third-order valence-electron chi connectivity index (χ3n) is 2.93. The van der Waals surface area contributed by atoms with Crippen LogP contribution in [0.2, 0.25) is 20.1 Å². The van der Waals surface area contributed by atoms with Gasteiger partial charge in [0.15, 0.2) is 0 Å². The zero-order valence-corrected chi connectivity index (χ0v) is 15.6. The lowest BCUT2D eigenvalue weighted by Crippen LogP contribution is -2.36. The van der Waals surface area contributed by atoms with Crippen LogP contribution < -0.4 is 4.31 Å². The van der Waals surface area contributed by atoms with Crippen molar-refractivity contribution in [2.45, 2.75) is 4.90 Å². The Morgan fingerprint density at radius 3 is 2.17 bits per heavy atom. The number of hydrogen-bond acceptors (Lipinski definition) is 3. The van der Waals surface area contributed by atoms with E-state index in [1.165, 1.54) is 30.3 Å². The quantitative estimate of drug-likeness (QED) is 0.756. The first-order valence-electron chi connectivity index (χ1n) is 6.27. The molecule has 10 heteroatoms. The lowest BCUT2D eigenvalue weighted by Gasteiger charge is -2.23. The number of carbonyl (C=O) groups is 1. The molecule has 0 aliphatic heterocycles. The van der Waals surface area contributed by atoms with E-state index in [1.807, 2.05) is 0 Å². The van der Waals surface area contributed by atoms with Crippen LogP contribution in [-0.2, 0) is 14.8 Å². The van der Waals surface area contributed by atoms with E-state index < -0.39 is 22.5 Å². The predicted octanol–water partition coefficient (Wildman–Crippen LogP) is 4.58. The average Bonchev–Trinajstić information content (AvgIpc) is 2.50. The molecule has 0 radical (unpaired) electrons. The molecule has 0 unspecified atom stereocenters. The Labute approximate surface area is 158 Å². The highest BCUT2D eigenvalue weighted by Crippen LogP contribution is 2.33. The van der Waals surface area contributed by atoms with Crippen LogP contribution in [0.1, 0.15) is 0 Å². The highest BCUT2D eigenvalue weighted by Gasteiger charge is 2.29. The largest absolute Gasteiger partial charge is 0.480 e. The van der Waals surface area contributed by atoms with E-state index in [-0.39, 0.29) is 30.7 Å². The molecule has 0 aliphatic carbocycles. The summed E-state index contributed by atoms with van der Waals surface area (Å²) >= 11 is 23.5. The molecular weight excluding hydrogens is 420 g/mol. The van der Waals surface area contributed by atoms with Gasteiger partial charge in [-0.15, -0.1) is 0 Å². The smallest absolute Gasteiger partial charge is 0.324 e. The summed E-state index contributed by atoms with van der Waals surface area (Å²) in [6.07, 6.45) is 0. The van der Waals surface area contributed by atoms with Crippen molar-refractivity contribution in [1.29, 1.82) is 0 Å². The van der Waals surface area contributed by atoms with Gasteiger partial charge in [0.2, 0.25) is 0 Å². The van der Waals surface area contributed by atoms with Gasteiger partial charge in [0, 0.05) is 5.02 Å². The summed E-state index contributed by atoms with van der Waals surface area (Å²) in [5.74, 6) is -1.36. The van der Waals surface area contributed by atoms with Crippen molar-refractivity contribution < 1.29 is 18.3 Å². The molecule has 24 heavy (non-hydrogen) atoms. The van der Waals surface area contributed by atoms with E-state index in [1.54, 1.807) is 0 Å². The van der Waals surface area contributed by atoms with Gasteiger partial charge in [-0.1, -0.05) is 46.4 Å². The molecule has 5 nitrogen and oxygen atoms in total. The number of benzene rings is 2. The van der Waals surface area contributed by atoms with Crippen LogP contribution in [0.4, 0.5) is 5.69 Å². The molecule has 0 saturated carbocycles. The molecule has 1 N–H and O–H groups in total. The molecule has 2 aromatic carbocycles. The summed E-state index contributed by atoms with van der Waals surface area (Å²) in [6.45, 7) is -0.830. The molecule has 0 bridgehead atoms. The normalized spacial score (nSPS) is 11.3. The molecule has 0 aliphatic rings. The molecule has 0 spiro atoms. The van der Waals surface area contributed by atoms with Crippen molar-refractivity contribution in [3.05, 3.63) is 56.5 Å². The Morgan fingerprint density at radius 1 is 0.958 bits per heavy atom. The minimum atomic E-state index is -4.30. The Kier molecular flexibility index (Phi) is 5.88. The number of aliphatic carboxylic acids is 1. The summed E-state index contributed by atoms with van der Waals surface area (Å²) in [6, 6.07) is 7.83. The van der Waals surface area contributed by atoms with E-state index in [0.717, 1.165) is 6.07 Å². The number of carboxylic acid groups (broad SMARTS) is 1. The minimum absolute atomic E-state index is 0.0304. The van der Waals surface area contributed by atoms with E-state index >= 15 is 0 Å². The Morgan fingerprint density at radius 2 is 1.58 bits per heavy atom. The molecule has 0 amide bonds. The Bertz CT molecular complexity index is 902. The third kappa shape index (κ3) is 4.07. The fraction of sp³-hybridized carbons (Fsp3) is 0.0714. The first kappa shape index (κ1) is 19.1. The Hall–Kier alpha value is -1.18. The molecule has 128 valence electrons. The standard InChI is InChI=1S/C14H9Cl4NO4S/c15-8-1-3-11(17)13(5-8)24(22,23)19(7-14(20)21)9-2-4-10(16)12(18)6-9/h1-6H,7H2,(H,20,21). The van der Waals surface area contributed by atoms with Gasteiger partial charge in [-0.3, -0.25) is 9.10 Å². The number of sulfonamides is 1. The molecule has 0 heterocycles. The van der Waals surface area contributed by atoms with Crippen molar-refractivity contribution in [3.8, 4) is 0 Å². The van der Waals surface area contributed by atoms with Gasteiger partial charge in [0.1, 0.15) is 11.4 Å². The number of rotatable bonds is 5. The molecular formula is C14H9Cl4NO4S. The fourth-order valence-electron chi connectivity index (χ4n) is 1.87. The van der Waals surface area contributed by atoms with Crippen LogP contribution in [0, 0.1) is 0 Å². The lowest BCUT2D eigenvalue weighted by molar-refractivity contribution is -0.135. The van der Waals surface area contributed by atoms with Crippen molar-refractivity contribution in [3.63, 3.8) is 0 Å². The topological polar surface area (TPSA) is 74.7 Å². The van der Waals surface area contributed by atoms with Crippen molar-refractivity contribution in [2.24, 2.45) is 0 Å². The van der Waals surface area contributed by atoms with Crippen LogP contribution >= 0.6 is 46.4 Å². The zero-order valence-electron chi connectivity index (χ0n) is 11.7. The number of hydrogen-bond donors (Lipinski definition) is 1. The van der Waals surface area contributed by atoms with Gasteiger partial charge in [-0.2, -0.15) is 0 Å². The highest BCUT2D eigenvalue weighted by molar-refractivity contribution is 7.93. The number of nitrogens with zero attached hydrogens (tertiary/aromatic N) is 1.